The molecule has 2 unspecified atom stereocenters. The molecule has 4 aliphatic rings. The van der Waals surface area contributed by atoms with Gasteiger partial charge in [0.05, 0.1) is 25.0 Å². The van der Waals surface area contributed by atoms with E-state index >= 15 is 0 Å². The van der Waals surface area contributed by atoms with Crippen molar-refractivity contribution in [3.05, 3.63) is 58.3 Å². The van der Waals surface area contributed by atoms with E-state index < -0.39 is 28.0 Å². The zero-order valence-electron chi connectivity index (χ0n) is 23.1. The van der Waals surface area contributed by atoms with E-state index in [0.29, 0.717) is 17.2 Å². The lowest BCUT2D eigenvalue weighted by Gasteiger charge is -2.26. The second kappa shape index (κ2) is 9.92. The van der Waals surface area contributed by atoms with E-state index in [2.05, 4.69) is 27.5 Å². The van der Waals surface area contributed by atoms with E-state index in [9.17, 15) is 23.1 Å². The predicted molar refractivity (Wildman–Crippen MR) is 152 cm³/mol. The van der Waals surface area contributed by atoms with Crippen LogP contribution in [0, 0.1) is 5.92 Å². The fourth-order valence-corrected chi connectivity index (χ4v) is 7.53. The fraction of sp³-hybridized carbons (Fsp3) is 0.467. The van der Waals surface area contributed by atoms with Crippen LogP contribution in [0.1, 0.15) is 74.5 Å². The molecule has 9 nitrogen and oxygen atoms in total. The summed E-state index contributed by atoms with van der Waals surface area (Å²) in [6, 6.07) is 6.28. The normalized spacial score (nSPS) is 22.6. The standard InChI is InChI=1S/C30H35N3O6S/c1-32(2)40(37,38)31-30(36)28-26-20-12-8-7-11-19(20)22-15-21-24(39-3)14-13-18(17-9-5-4-6-10-17)29(21)33(22)23(27(26)28)16-25(34)35/h8,12-15,17,19,28H,4-7,9-11,16H2,1-3H3,(H,31,36)(H,34,35). The molecule has 6 rings (SSSR count). The molecule has 0 bridgehead atoms. The average Bonchev–Trinajstić information content (AvgIpc) is 3.57. The first-order chi connectivity index (χ1) is 19.1. The van der Waals surface area contributed by atoms with Crippen LogP contribution >= 0.6 is 0 Å². The van der Waals surface area contributed by atoms with Gasteiger partial charge in [0, 0.05) is 36.8 Å². The van der Waals surface area contributed by atoms with Gasteiger partial charge >= 0.3 is 16.2 Å². The van der Waals surface area contributed by atoms with Crippen LogP contribution in [0.2, 0.25) is 0 Å². The van der Waals surface area contributed by atoms with Gasteiger partial charge in [-0.05, 0) is 66.0 Å². The maximum absolute atomic E-state index is 13.5. The SMILES string of the molecule is COc1ccc(C2CCCCC2)c2c1cc1n2C(CC(=O)O)=C2C(=C3C=CCCC31)C2C(=O)NS(=O)(=O)N(C)C. The molecule has 1 aliphatic heterocycles. The molecule has 2 fully saturated rings. The summed E-state index contributed by atoms with van der Waals surface area (Å²) in [5.41, 5.74) is 6.00. The summed E-state index contributed by atoms with van der Waals surface area (Å²) in [6.45, 7) is 0. The Bertz CT molecular complexity index is 1620. The predicted octanol–water partition coefficient (Wildman–Crippen LogP) is 4.68. The third-order valence-electron chi connectivity index (χ3n) is 8.87. The summed E-state index contributed by atoms with van der Waals surface area (Å²) in [6.07, 6.45) is 11.1. The molecule has 0 saturated heterocycles. The Hall–Kier alpha value is -3.37. The maximum Gasteiger partial charge on any atom is 0.309 e. The molecule has 2 saturated carbocycles. The number of nitrogens with one attached hydrogen (secondary N) is 1. The van der Waals surface area contributed by atoms with Crippen LogP contribution in [-0.2, 0) is 19.8 Å². The van der Waals surface area contributed by atoms with Crippen LogP contribution < -0.4 is 9.46 Å². The van der Waals surface area contributed by atoms with E-state index in [1.165, 1.54) is 26.1 Å². The maximum atomic E-state index is 13.5. The molecular weight excluding hydrogens is 530 g/mol. The smallest absolute Gasteiger partial charge is 0.309 e. The van der Waals surface area contributed by atoms with Crippen molar-refractivity contribution in [2.75, 3.05) is 21.2 Å². The van der Waals surface area contributed by atoms with E-state index in [4.69, 9.17) is 4.74 Å². The van der Waals surface area contributed by atoms with Crippen LogP contribution in [-0.4, -0.2) is 55.5 Å². The number of aliphatic carboxylic acids is 1. The highest BCUT2D eigenvalue weighted by molar-refractivity contribution is 7.87. The van der Waals surface area contributed by atoms with Gasteiger partial charge in [-0.1, -0.05) is 37.5 Å². The number of methoxy groups -OCH3 is 1. The van der Waals surface area contributed by atoms with Crippen molar-refractivity contribution in [1.29, 1.82) is 0 Å². The number of fused-ring (bicyclic) bond motifs is 6. The topological polar surface area (TPSA) is 118 Å². The van der Waals surface area contributed by atoms with Gasteiger partial charge in [-0.2, -0.15) is 12.7 Å². The van der Waals surface area contributed by atoms with Crippen LogP contribution in [0.4, 0.5) is 0 Å². The van der Waals surface area contributed by atoms with Gasteiger partial charge in [0.2, 0.25) is 5.91 Å². The molecule has 212 valence electrons. The van der Waals surface area contributed by atoms with Crippen LogP contribution in [0.15, 0.2) is 47.1 Å². The first-order valence-corrected chi connectivity index (χ1v) is 15.4. The molecule has 1 aromatic heterocycles. The number of rotatable bonds is 7. The fourth-order valence-electron chi connectivity index (χ4n) is 6.98. The molecule has 40 heavy (non-hydrogen) atoms. The zero-order valence-corrected chi connectivity index (χ0v) is 23.9. The molecule has 2 heterocycles. The van der Waals surface area contributed by atoms with Crippen molar-refractivity contribution in [3.63, 3.8) is 0 Å². The van der Waals surface area contributed by atoms with Gasteiger partial charge in [-0.3, -0.25) is 9.59 Å². The number of carboxylic acids is 1. The van der Waals surface area contributed by atoms with Crippen molar-refractivity contribution in [1.82, 2.24) is 13.6 Å². The third-order valence-corrected chi connectivity index (χ3v) is 10.3. The average molecular weight is 566 g/mol. The summed E-state index contributed by atoms with van der Waals surface area (Å²) in [5, 5.41) is 11.0. The van der Waals surface area contributed by atoms with Gasteiger partial charge in [-0.25, -0.2) is 4.72 Å². The number of aromatic nitrogens is 1. The van der Waals surface area contributed by atoms with Gasteiger partial charge in [0.25, 0.3) is 0 Å². The van der Waals surface area contributed by atoms with E-state index in [0.717, 1.165) is 76.3 Å². The van der Waals surface area contributed by atoms with Crippen molar-refractivity contribution < 1.29 is 27.9 Å². The third kappa shape index (κ3) is 4.28. The molecule has 0 spiro atoms. The Kier molecular flexibility index (Phi) is 6.65. The number of hydrogen-bond donors (Lipinski definition) is 2. The second-order valence-corrected chi connectivity index (χ2v) is 13.3. The number of nitrogens with zero attached hydrogens (tertiary/aromatic N) is 2. The Labute approximate surface area is 234 Å². The number of carbonyl (C=O) groups excluding carboxylic acids is 1. The lowest BCUT2D eigenvalue weighted by atomic mass is 9.83. The van der Waals surface area contributed by atoms with Gasteiger partial charge < -0.3 is 14.4 Å². The Morgan fingerprint density at radius 3 is 2.55 bits per heavy atom. The van der Waals surface area contributed by atoms with E-state index in [-0.39, 0.29) is 12.3 Å². The first kappa shape index (κ1) is 26.8. The summed E-state index contributed by atoms with van der Waals surface area (Å²) in [5.74, 6) is -1.46. The molecule has 2 aromatic rings. The van der Waals surface area contributed by atoms with Crippen LogP contribution in [0.3, 0.4) is 0 Å². The number of carbonyl (C=O) groups is 2. The van der Waals surface area contributed by atoms with Crippen molar-refractivity contribution in [2.45, 2.75) is 63.2 Å². The zero-order chi connectivity index (χ0) is 28.3. The molecule has 3 aliphatic carbocycles. The highest BCUT2D eigenvalue weighted by atomic mass is 32.2. The van der Waals surface area contributed by atoms with Crippen molar-refractivity contribution >= 4 is 38.7 Å². The lowest BCUT2D eigenvalue weighted by Crippen LogP contribution is -2.40. The largest absolute Gasteiger partial charge is 0.496 e. The summed E-state index contributed by atoms with van der Waals surface area (Å²) >= 11 is 0. The quantitative estimate of drug-likeness (QED) is 0.503. The van der Waals surface area contributed by atoms with Crippen molar-refractivity contribution in [2.24, 2.45) is 5.92 Å². The summed E-state index contributed by atoms with van der Waals surface area (Å²) in [4.78, 5) is 25.8. The number of amides is 1. The number of benzene rings is 1. The van der Waals surface area contributed by atoms with Crippen LogP contribution in [0.5, 0.6) is 5.75 Å². The number of hydrogen-bond acceptors (Lipinski definition) is 5. The minimum absolute atomic E-state index is 0.0548. The Morgan fingerprint density at radius 2 is 1.88 bits per heavy atom. The monoisotopic (exact) mass is 565 g/mol. The second-order valence-electron chi connectivity index (χ2n) is 11.4. The first-order valence-electron chi connectivity index (χ1n) is 14.0. The summed E-state index contributed by atoms with van der Waals surface area (Å²) < 4.78 is 36.1. The minimum atomic E-state index is -4.01. The van der Waals surface area contributed by atoms with Gasteiger partial charge in [0.1, 0.15) is 5.75 Å². The Balaban J connectivity index is 1.63. The highest BCUT2D eigenvalue weighted by Crippen LogP contribution is 2.59. The summed E-state index contributed by atoms with van der Waals surface area (Å²) in [7, 11) is 0.353. The van der Waals surface area contributed by atoms with Crippen LogP contribution in [0.25, 0.3) is 16.6 Å². The molecule has 10 heteroatoms. The van der Waals surface area contributed by atoms with E-state index in [1.54, 1.807) is 7.11 Å². The van der Waals surface area contributed by atoms with E-state index in [1.807, 2.05) is 12.1 Å². The minimum Gasteiger partial charge on any atom is -0.496 e. The molecule has 1 amide bonds. The molecule has 2 N–H and O–H groups in total. The number of ether oxygens (including phenoxy) is 1. The van der Waals surface area contributed by atoms with Gasteiger partial charge in [-0.15, -0.1) is 0 Å². The molecule has 1 aromatic carbocycles. The molecular formula is C30H35N3O6S. The number of allylic oxidation sites excluding steroid dienone is 3. The molecule has 2 atom stereocenters. The highest BCUT2D eigenvalue weighted by Gasteiger charge is 2.52. The number of carboxylic acid groups (broad SMARTS) is 1. The van der Waals surface area contributed by atoms with Crippen molar-refractivity contribution in [3.8, 4) is 5.75 Å². The molecule has 0 radical (unpaired) electrons. The lowest BCUT2D eigenvalue weighted by molar-refractivity contribution is -0.135. The Morgan fingerprint density at radius 1 is 1.12 bits per heavy atom. The van der Waals surface area contributed by atoms with Gasteiger partial charge in [0.15, 0.2) is 0 Å².